The zero-order valence-corrected chi connectivity index (χ0v) is 10.4. The van der Waals surface area contributed by atoms with Crippen LogP contribution in [0.3, 0.4) is 0 Å². The van der Waals surface area contributed by atoms with Crippen molar-refractivity contribution in [1.82, 2.24) is 0 Å². The van der Waals surface area contributed by atoms with Gasteiger partial charge in [0.15, 0.2) is 6.10 Å². The maximum absolute atomic E-state index is 10.5. The van der Waals surface area contributed by atoms with Gasteiger partial charge < -0.3 is 14.9 Å². The summed E-state index contributed by atoms with van der Waals surface area (Å²) in [5.41, 5.74) is 3.18. The number of carboxylic acids is 1. The number of methoxy groups -OCH3 is 1. The minimum absolute atomic E-state index is 0.224. The number of aryl methyl sites for hydroxylation is 1. The second-order valence-corrected chi connectivity index (χ2v) is 4.07. The Hall–Kier alpha value is -1.55. The average molecular weight is 238 g/mol. The van der Waals surface area contributed by atoms with Crippen LogP contribution in [-0.2, 0) is 11.2 Å². The summed E-state index contributed by atoms with van der Waals surface area (Å²) in [7, 11) is 1.62. The summed E-state index contributed by atoms with van der Waals surface area (Å²) in [4.78, 5) is 10.5. The summed E-state index contributed by atoms with van der Waals surface area (Å²) < 4.78 is 5.20. The molecule has 0 heterocycles. The first-order valence-electron chi connectivity index (χ1n) is 5.51. The van der Waals surface area contributed by atoms with Crippen LogP contribution < -0.4 is 4.74 Å². The molecule has 0 aliphatic heterocycles. The third-order valence-electron chi connectivity index (χ3n) is 3.04. The first-order chi connectivity index (χ1) is 7.97. The number of benzene rings is 1. The van der Waals surface area contributed by atoms with Crippen molar-refractivity contribution < 1.29 is 19.7 Å². The molecule has 4 nitrogen and oxygen atoms in total. The average Bonchev–Trinajstić information content (AvgIpc) is 2.30. The summed E-state index contributed by atoms with van der Waals surface area (Å²) in [6.45, 7) is 3.94. The summed E-state index contributed by atoms with van der Waals surface area (Å²) in [5.74, 6) is -0.349. The molecule has 94 valence electrons. The summed E-state index contributed by atoms with van der Waals surface area (Å²) in [5, 5.41) is 17.8. The third kappa shape index (κ3) is 3.20. The van der Waals surface area contributed by atoms with E-state index in [4.69, 9.17) is 9.84 Å². The Bertz CT molecular complexity index is 412. The molecule has 1 rings (SSSR count). The molecule has 1 aromatic carbocycles. The van der Waals surface area contributed by atoms with Crippen LogP contribution in [0.25, 0.3) is 0 Å². The van der Waals surface area contributed by atoms with Gasteiger partial charge in [0, 0.05) is 0 Å². The van der Waals surface area contributed by atoms with E-state index < -0.39 is 12.1 Å². The lowest BCUT2D eigenvalue weighted by atomic mass is 9.97. The molecule has 0 radical (unpaired) electrons. The van der Waals surface area contributed by atoms with Gasteiger partial charge >= 0.3 is 5.97 Å². The van der Waals surface area contributed by atoms with Crippen molar-refractivity contribution in [2.45, 2.75) is 32.8 Å². The highest BCUT2D eigenvalue weighted by atomic mass is 16.5. The van der Waals surface area contributed by atoms with Gasteiger partial charge in [0.25, 0.3) is 0 Å². The molecule has 1 aromatic rings. The normalized spacial score (nSPS) is 12.2. The number of carbonyl (C=O) groups is 1. The van der Waals surface area contributed by atoms with Gasteiger partial charge in [-0.15, -0.1) is 0 Å². The SMILES string of the molecule is COc1ccc(CCC(O)C(=O)O)c(C)c1C. The minimum Gasteiger partial charge on any atom is -0.496 e. The Morgan fingerprint density at radius 3 is 2.53 bits per heavy atom. The van der Waals surface area contributed by atoms with E-state index in [1.807, 2.05) is 26.0 Å². The van der Waals surface area contributed by atoms with Crippen LogP contribution in [0.2, 0.25) is 0 Å². The standard InChI is InChI=1S/C13H18O4/c1-8-9(2)12(17-3)7-5-10(8)4-6-11(14)13(15)16/h5,7,11,14H,4,6H2,1-3H3,(H,15,16). The summed E-state index contributed by atoms with van der Waals surface area (Å²) in [6, 6.07) is 3.78. The van der Waals surface area contributed by atoms with Crippen LogP contribution in [0.5, 0.6) is 5.75 Å². The summed E-state index contributed by atoms with van der Waals surface area (Å²) in [6.07, 6.45) is -0.525. The van der Waals surface area contributed by atoms with Gasteiger partial charge in [-0.1, -0.05) is 6.07 Å². The fraction of sp³-hybridized carbons (Fsp3) is 0.462. The van der Waals surface area contributed by atoms with Gasteiger partial charge in [0.05, 0.1) is 7.11 Å². The second-order valence-electron chi connectivity index (χ2n) is 4.07. The van der Waals surface area contributed by atoms with Crippen LogP contribution in [0.15, 0.2) is 12.1 Å². The Morgan fingerprint density at radius 1 is 1.35 bits per heavy atom. The molecular weight excluding hydrogens is 220 g/mol. The largest absolute Gasteiger partial charge is 0.496 e. The number of hydrogen-bond acceptors (Lipinski definition) is 3. The highest BCUT2D eigenvalue weighted by Gasteiger charge is 2.14. The molecule has 1 atom stereocenters. The van der Waals surface area contributed by atoms with Crippen LogP contribution in [0, 0.1) is 13.8 Å². The van der Waals surface area contributed by atoms with E-state index in [1.54, 1.807) is 7.11 Å². The fourth-order valence-corrected chi connectivity index (χ4v) is 1.76. The lowest BCUT2D eigenvalue weighted by Crippen LogP contribution is -2.20. The van der Waals surface area contributed by atoms with E-state index in [1.165, 1.54) is 0 Å². The first-order valence-corrected chi connectivity index (χ1v) is 5.51. The number of carboxylic acid groups (broad SMARTS) is 1. The monoisotopic (exact) mass is 238 g/mol. The number of aliphatic hydroxyl groups is 1. The van der Waals surface area contributed by atoms with Gasteiger partial charge in [-0.25, -0.2) is 4.79 Å². The van der Waals surface area contributed by atoms with E-state index >= 15 is 0 Å². The molecule has 2 N–H and O–H groups in total. The molecule has 17 heavy (non-hydrogen) atoms. The molecule has 0 aliphatic carbocycles. The number of rotatable bonds is 5. The van der Waals surface area contributed by atoms with Crippen LogP contribution in [0.4, 0.5) is 0 Å². The second kappa shape index (κ2) is 5.68. The third-order valence-corrected chi connectivity index (χ3v) is 3.04. The Balaban J connectivity index is 2.79. The van der Waals surface area contributed by atoms with Crippen molar-refractivity contribution in [2.75, 3.05) is 7.11 Å². The molecule has 0 saturated carbocycles. The van der Waals surface area contributed by atoms with E-state index in [0.29, 0.717) is 6.42 Å². The number of aliphatic hydroxyl groups excluding tert-OH is 1. The zero-order valence-electron chi connectivity index (χ0n) is 10.4. The minimum atomic E-state index is -1.29. The smallest absolute Gasteiger partial charge is 0.332 e. The lowest BCUT2D eigenvalue weighted by molar-refractivity contribution is -0.146. The fourth-order valence-electron chi connectivity index (χ4n) is 1.76. The van der Waals surface area contributed by atoms with Crippen molar-refractivity contribution in [3.63, 3.8) is 0 Å². The molecule has 0 aliphatic rings. The molecule has 0 spiro atoms. The topological polar surface area (TPSA) is 66.8 Å². The van der Waals surface area contributed by atoms with E-state index in [-0.39, 0.29) is 6.42 Å². The molecule has 0 bridgehead atoms. The summed E-state index contributed by atoms with van der Waals surface area (Å²) >= 11 is 0. The first kappa shape index (κ1) is 13.5. The van der Waals surface area contributed by atoms with Crippen molar-refractivity contribution in [2.24, 2.45) is 0 Å². The Morgan fingerprint density at radius 2 is 2.00 bits per heavy atom. The molecular formula is C13H18O4. The van der Waals surface area contributed by atoms with Crippen LogP contribution in [-0.4, -0.2) is 29.4 Å². The number of ether oxygens (including phenoxy) is 1. The maximum atomic E-state index is 10.5. The highest BCUT2D eigenvalue weighted by Crippen LogP contribution is 2.24. The zero-order chi connectivity index (χ0) is 13.0. The van der Waals surface area contributed by atoms with E-state index in [2.05, 4.69) is 0 Å². The van der Waals surface area contributed by atoms with E-state index in [0.717, 1.165) is 22.4 Å². The van der Waals surface area contributed by atoms with Gasteiger partial charge in [-0.2, -0.15) is 0 Å². The molecule has 0 saturated heterocycles. The van der Waals surface area contributed by atoms with Crippen molar-refractivity contribution >= 4 is 5.97 Å². The molecule has 0 aromatic heterocycles. The van der Waals surface area contributed by atoms with E-state index in [9.17, 15) is 9.90 Å². The van der Waals surface area contributed by atoms with Crippen molar-refractivity contribution in [3.8, 4) is 5.75 Å². The molecule has 0 amide bonds. The molecule has 1 unspecified atom stereocenters. The number of hydrogen-bond donors (Lipinski definition) is 2. The van der Waals surface area contributed by atoms with Gasteiger partial charge in [-0.05, 0) is 49.4 Å². The van der Waals surface area contributed by atoms with Gasteiger partial charge in [0.2, 0.25) is 0 Å². The Labute approximate surface area is 101 Å². The van der Waals surface area contributed by atoms with Crippen molar-refractivity contribution in [1.29, 1.82) is 0 Å². The lowest BCUT2D eigenvalue weighted by Gasteiger charge is -2.13. The van der Waals surface area contributed by atoms with Gasteiger partial charge in [-0.3, -0.25) is 0 Å². The van der Waals surface area contributed by atoms with Crippen LogP contribution in [0.1, 0.15) is 23.1 Å². The highest BCUT2D eigenvalue weighted by molar-refractivity contribution is 5.71. The van der Waals surface area contributed by atoms with Crippen molar-refractivity contribution in [3.05, 3.63) is 28.8 Å². The maximum Gasteiger partial charge on any atom is 0.332 e. The Kier molecular flexibility index (Phi) is 4.52. The predicted molar refractivity (Wildman–Crippen MR) is 64.4 cm³/mol. The van der Waals surface area contributed by atoms with Crippen LogP contribution >= 0.6 is 0 Å². The quantitative estimate of drug-likeness (QED) is 0.819. The number of aliphatic carboxylic acids is 1. The molecule has 4 heteroatoms. The molecule has 0 fully saturated rings. The predicted octanol–water partition coefficient (Wildman–Crippen LogP) is 1.69. The van der Waals surface area contributed by atoms with Gasteiger partial charge in [0.1, 0.15) is 5.75 Å².